The molecule has 1 aromatic heterocycles. The average Bonchev–Trinajstić information content (AvgIpc) is 3.22. The van der Waals surface area contributed by atoms with Gasteiger partial charge in [-0.05, 0) is 60.7 Å². The lowest BCUT2D eigenvalue weighted by Crippen LogP contribution is -2.31. The summed E-state index contributed by atoms with van der Waals surface area (Å²) in [5.41, 5.74) is 0. The van der Waals surface area contributed by atoms with Gasteiger partial charge >= 0.3 is 0 Å². The van der Waals surface area contributed by atoms with Crippen molar-refractivity contribution < 1.29 is 26.0 Å². The van der Waals surface area contributed by atoms with Gasteiger partial charge in [-0.1, -0.05) is 11.6 Å². The second kappa shape index (κ2) is 8.58. The zero-order valence-electron chi connectivity index (χ0n) is 15.3. The summed E-state index contributed by atoms with van der Waals surface area (Å²) < 4.78 is 64.1. The van der Waals surface area contributed by atoms with E-state index >= 15 is 0 Å². The van der Waals surface area contributed by atoms with Crippen LogP contribution in [0.3, 0.4) is 0 Å². The smallest absolute Gasteiger partial charge is 0.240 e. The molecule has 0 saturated carbocycles. The number of hydrogen-bond acceptors (Lipinski definition) is 6. The average molecular weight is 456 g/mol. The molecule has 0 saturated heterocycles. The molecule has 0 amide bonds. The molecule has 0 unspecified atom stereocenters. The molecule has 0 spiro atoms. The van der Waals surface area contributed by atoms with Crippen LogP contribution in [-0.2, 0) is 19.9 Å². The summed E-state index contributed by atoms with van der Waals surface area (Å²) in [6, 6.07) is 14.4. The lowest BCUT2D eigenvalue weighted by Gasteiger charge is -2.17. The molecule has 2 aromatic carbocycles. The molecule has 1 heterocycles. The Labute approximate surface area is 174 Å². The summed E-state index contributed by atoms with van der Waals surface area (Å²) >= 11 is 5.84. The molecule has 1 atom stereocenters. The number of nitrogens with one attached hydrogen (secondary N) is 1. The summed E-state index contributed by atoms with van der Waals surface area (Å²) in [6.45, 7) is -0.410. The van der Waals surface area contributed by atoms with E-state index in [1.165, 1.54) is 74.0 Å². The Hall–Kier alpha value is -2.33. The van der Waals surface area contributed by atoms with Crippen LogP contribution in [0.4, 0.5) is 0 Å². The van der Waals surface area contributed by atoms with Crippen LogP contribution < -0.4 is 9.46 Å². The summed E-state index contributed by atoms with van der Waals surface area (Å²) in [5, 5.41) is -0.870. The maximum Gasteiger partial charge on any atom is 0.240 e. The predicted octanol–water partition coefficient (Wildman–Crippen LogP) is 3.44. The van der Waals surface area contributed by atoms with Crippen LogP contribution in [0.5, 0.6) is 5.75 Å². The van der Waals surface area contributed by atoms with E-state index in [0.29, 0.717) is 10.8 Å². The quantitative estimate of drug-likeness (QED) is 0.558. The first-order valence-electron chi connectivity index (χ1n) is 8.40. The van der Waals surface area contributed by atoms with Crippen molar-refractivity contribution in [2.45, 2.75) is 15.0 Å². The molecule has 154 valence electrons. The second-order valence-corrected chi connectivity index (χ2v) is 10.4. The number of ether oxygens (including phenoxy) is 1. The zero-order valence-corrected chi connectivity index (χ0v) is 17.7. The monoisotopic (exact) mass is 455 g/mol. The highest BCUT2D eigenvalue weighted by atomic mass is 35.5. The topological polar surface area (TPSA) is 103 Å². The third-order valence-corrected chi connectivity index (χ3v) is 7.97. The van der Waals surface area contributed by atoms with E-state index in [4.69, 9.17) is 20.8 Å². The summed E-state index contributed by atoms with van der Waals surface area (Å²) in [6.07, 6.45) is 1.33. The molecule has 0 aliphatic carbocycles. The molecule has 0 aliphatic heterocycles. The van der Waals surface area contributed by atoms with Crippen LogP contribution >= 0.6 is 11.6 Å². The SMILES string of the molecule is COc1ccc(S(=O)(=O)NC[C@H](c2ccco2)S(=O)(=O)c2ccc(Cl)cc2)cc1. The van der Waals surface area contributed by atoms with Gasteiger partial charge in [-0.2, -0.15) is 0 Å². The molecule has 0 radical (unpaired) electrons. The lowest BCUT2D eigenvalue weighted by molar-refractivity contribution is 0.414. The van der Waals surface area contributed by atoms with Crippen molar-refractivity contribution in [1.29, 1.82) is 0 Å². The van der Waals surface area contributed by atoms with Gasteiger partial charge in [0.1, 0.15) is 16.8 Å². The van der Waals surface area contributed by atoms with Gasteiger partial charge in [0.15, 0.2) is 9.84 Å². The minimum absolute atomic E-state index is 0.00643. The highest BCUT2D eigenvalue weighted by Crippen LogP contribution is 2.30. The van der Waals surface area contributed by atoms with Gasteiger partial charge in [0.2, 0.25) is 10.0 Å². The molecule has 10 heteroatoms. The molecule has 1 N–H and O–H groups in total. The highest BCUT2D eigenvalue weighted by molar-refractivity contribution is 7.92. The molecule has 29 heavy (non-hydrogen) atoms. The third kappa shape index (κ3) is 4.81. The third-order valence-electron chi connectivity index (χ3n) is 4.21. The van der Waals surface area contributed by atoms with E-state index in [-0.39, 0.29) is 15.6 Å². The lowest BCUT2D eigenvalue weighted by atomic mass is 10.3. The summed E-state index contributed by atoms with van der Waals surface area (Å²) in [5.74, 6) is 0.625. The van der Waals surface area contributed by atoms with Gasteiger partial charge in [0.25, 0.3) is 0 Å². The van der Waals surface area contributed by atoms with Crippen LogP contribution in [-0.4, -0.2) is 30.5 Å². The van der Waals surface area contributed by atoms with E-state index in [2.05, 4.69) is 4.72 Å². The van der Waals surface area contributed by atoms with Crippen molar-refractivity contribution in [2.24, 2.45) is 0 Å². The minimum atomic E-state index is -3.96. The van der Waals surface area contributed by atoms with Gasteiger partial charge in [0, 0.05) is 11.6 Å². The predicted molar refractivity (Wildman–Crippen MR) is 108 cm³/mol. The number of halogens is 1. The van der Waals surface area contributed by atoms with Crippen LogP contribution in [0.2, 0.25) is 5.02 Å². The van der Waals surface area contributed by atoms with Crippen molar-refractivity contribution in [1.82, 2.24) is 4.72 Å². The molecule has 3 rings (SSSR count). The number of rotatable bonds is 8. The Balaban J connectivity index is 1.89. The molecule has 0 fully saturated rings. The van der Waals surface area contributed by atoms with Crippen molar-refractivity contribution in [3.63, 3.8) is 0 Å². The van der Waals surface area contributed by atoms with Crippen LogP contribution in [0, 0.1) is 0 Å². The number of sulfonamides is 1. The van der Waals surface area contributed by atoms with E-state index in [1.54, 1.807) is 0 Å². The molecule has 0 aliphatic rings. The molecular weight excluding hydrogens is 438 g/mol. The Kier molecular flexibility index (Phi) is 6.33. The fourth-order valence-electron chi connectivity index (χ4n) is 2.65. The number of benzene rings is 2. The Morgan fingerprint density at radius 2 is 1.59 bits per heavy atom. The Morgan fingerprint density at radius 1 is 0.966 bits per heavy atom. The fourth-order valence-corrected chi connectivity index (χ4v) is 5.52. The molecule has 3 aromatic rings. The largest absolute Gasteiger partial charge is 0.497 e. The fraction of sp³-hybridized carbons (Fsp3) is 0.158. The molecular formula is C19H18ClNO6S2. The van der Waals surface area contributed by atoms with Crippen molar-refractivity contribution >= 4 is 31.5 Å². The standard InChI is InChI=1S/C19H18ClNO6S2/c1-26-15-6-10-17(11-7-15)29(24,25)21-13-19(18-3-2-12-27-18)28(22,23)16-8-4-14(20)5-9-16/h2-12,19,21H,13H2,1H3/t19-/m1/s1. The maximum atomic E-state index is 13.1. The Morgan fingerprint density at radius 3 is 2.14 bits per heavy atom. The second-order valence-electron chi connectivity index (χ2n) is 6.03. The van der Waals surface area contributed by atoms with Gasteiger partial charge in [-0.3, -0.25) is 0 Å². The zero-order chi connectivity index (χ0) is 21.1. The van der Waals surface area contributed by atoms with Crippen molar-refractivity contribution in [3.8, 4) is 5.75 Å². The van der Waals surface area contributed by atoms with Crippen LogP contribution in [0.15, 0.2) is 81.1 Å². The summed E-state index contributed by atoms with van der Waals surface area (Å²) in [7, 11) is -6.44. The number of methoxy groups -OCH3 is 1. The Bertz CT molecular complexity index is 1160. The number of sulfone groups is 1. The maximum absolute atomic E-state index is 13.1. The number of hydrogen-bond donors (Lipinski definition) is 1. The van der Waals surface area contributed by atoms with Crippen molar-refractivity contribution in [2.75, 3.05) is 13.7 Å². The van der Waals surface area contributed by atoms with E-state index in [1.807, 2.05) is 0 Å². The molecule has 7 nitrogen and oxygen atoms in total. The normalized spacial score (nSPS) is 13.2. The van der Waals surface area contributed by atoms with Crippen LogP contribution in [0.1, 0.15) is 11.0 Å². The van der Waals surface area contributed by atoms with Crippen LogP contribution in [0.25, 0.3) is 0 Å². The van der Waals surface area contributed by atoms with Gasteiger partial charge in [0.05, 0.1) is 23.2 Å². The first-order valence-corrected chi connectivity index (χ1v) is 11.8. The van der Waals surface area contributed by atoms with E-state index < -0.39 is 31.7 Å². The minimum Gasteiger partial charge on any atom is -0.497 e. The first-order chi connectivity index (χ1) is 13.7. The summed E-state index contributed by atoms with van der Waals surface area (Å²) in [4.78, 5) is -0.00710. The van der Waals surface area contributed by atoms with Gasteiger partial charge in [-0.25, -0.2) is 21.6 Å². The van der Waals surface area contributed by atoms with E-state index in [9.17, 15) is 16.8 Å². The van der Waals surface area contributed by atoms with Gasteiger partial charge < -0.3 is 9.15 Å². The van der Waals surface area contributed by atoms with E-state index in [0.717, 1.165) is 0 Å². The first kappa shape index (κ1) is 21.4. The van der Waals surface area contributed by atoms with Gasteiger partial charge in [-0.15, -0.1) is 0 Å². The van der Waals surface area contributed by atoms with Crippen molar-refractivity contribution in [3.05, 3.63) is 77.7 Å². The molecule has 0 bridgehead atoms. The number of furan rings is 1. The highest BCUT2D eigenvalue weighted by Gasteiger charge is 2.33.